The number of benzene rings is 1. The van der Waals surface area contributed by atoms with Gasteiger partial charge in [-0.05, 0) is 18.6 Å². The number of rotatable bonds is 5. The molecule has 0 saturated heterocycles. The van der Waals surface area contributed by atoms with Crippen molar-refractivity contribution in [2.75, 3.05) is 12.4 Å². The SMILES string of the molecule is CCOC(=O)CS(=O)(=O)/C=C/c1ccccc1. The summed E-state index contributed by atoms with van der Waals surface area (Å²) >= 11 is 0. The molecule has 0 bridgehead atoms. The van der Waals surface area contributed by atoms with Crippen LogP contribution in [-0.4, -0.2) is 26.7 Å². The van der Waals surface area contributed by atoms with Gasteiger partial charge in [-0.1, -0.05) is 30.3 Å². The normalized spacial score (nSPS) is 11.6. The number of carbonyl (C=O) groups is 1. The fraction of sp³-hybridized carbons (Fsp3) is 0.250. The van der Waals surface area contributed by atoms with Crippen molar-refractivity contribution in [1.82, 2.24) is 0 Å². The van der Waals surface area contributed by atoms with Gasteiger partial charge in [0.25, 0.3) is 0 Å². The van der Waals surface area contributed by atoms with Crippen molar-refractivity contribution in [3.63, 3.8) is 0 Å². The van der Waals surface area contributed by atoms with E-state index in [1.807, 2.05) is 6.07 Å². The molecule has 0 saturated carbocycles. The van der Waals surface area contributed by atoms with Crippen LogP contribution in [0.15, 0.2) is 35.7 Å². The lowest BCUT2D eigenvalue weighted by atomic mass is 10.2. The fourth-order valence-corrected chi connectivity index (χ4v) is 2.03. The Morgan fingerprint density at radius 3 is 2.53 bits per heavy atom. The van der Waals surface area contributed by atoms with Crippen LogP contribution >= 0.6 is 0 Å². The standard InChI is InChI=1S/C12H14O4S/c1-2-16-12(13)10-17(14,15)9-8-11-6-4-3-5-7-11/h3-9H,2,10H2,1H3/b9-8+. The highest BCUT2D eigenvalue weighted by Crippen LogP contribution is 2.04. The second kappa shape index (κ2) is 6.20. The molecule has 0 unspecified atom stereocenters. The highest BCUT2D eigenvalue weighted by molar-refractivity contribution is 7.95. The third kappa shape index (κ3) is 5.31. The molecule has 0 N–H and O–H groups in total. The molecular weight excluding hydrogens is 240 g/mol. The first-order valence-corrected chi connectivity index (χ1v) is 6.86. The van der Waals surface area contributed by atoms with Crippen molar-refractivity contribution < 1.29 is 17.9 Å². The topological polar surface area (TPSA) is 60.4 Å². The molecule has 0 aliphatic heterocycles. The molecule has 1 rings (SSSR count). The van der Waals surface area contributed by atoms with E-state index in [1.165, 1.54) is 6.08 Å². The highest BCUT2D eigenvalue weighted by Gasteiger charge is 2.13. The zero-order valence-corrected chi connectivity index (χ0v) is 10.3. The van der Waals surface area contributed by atoms with Crippen LogP contribution in [0.25, 0.3) is 6.08 Å². The van der Waals surface area contributed by atoms with E-state index in [2.05, 4.69) is 4.74 Å². The van der Waals surface area contributed by atoms with Gasteiger partial charge in [-0.25, -0.2) is 8.42 Å². The number of ether oxygens (including phenoxy) is 1. The predicted molar refractivity (Wildman–Crippen MR) is 65.9 cm³/mol. The van der Waals surface area contributed by atoms with Crippen LogP contribution in [0.3, 0.4) is 0 Å². The van der Waals surface area contributed by atoms with Crippen LogP contribution in [0.4, 0.5) is 0 Å². The highest BCUT2D eigenvalue weighted by atomic mass is 32.2. The fourth-order valence-electron chi connectivity index (χ4n) is 1.16. The smallest absolute Gasteiger partial charge is 0.321 e. The molecule has 1 aromatic rings. The largest absolute Gasteiger partial charge is 0.465 e. The van der Waals surface area contributed by atoms with Gasteiger partial charge in [0.15, 0.2) is 15.6 Å². The third-order valence-corrected chi connectivity index (χ3v) is 3.08. The summed E-state index contributed by atoms with van der Waals surface area (Å²) in [5, 5.41) is 1.03. The average molecular weight is 254 g/mol. The summed E-state index contributed by atoms with van der Waals surface area (Å²) < 4.78 is 27.6. The minimum atomic E-state index is -3.56. The van der Waals surface area contributed by atoms with Crippen LogP contribution in [0.1, 0.15) is 12.5 Å². The molecule has 4 nitrogen and oxygen atoms in total. The molecule has 0 aliphatic carbocycles. The molecule has 0 atom stereocenters. The second-order valence-electron chi connectivity index (χ2n) is 3.33. The van der Waals surface area contributed by atoms with Crippen molar-refractivity contribution in [3.8, 4) is 0 Å². The van der Waals surface area contributed by atoms with Crippen molar-refractivity contribution >= 4 is 21.9 Å². The van der Waals surface area contributed by atoms with E-state index in [1.54, 1.807) is 31.2 Å². The van der Waals surface area contributed by atoms with Gasteiger partial charge in [-0.2, -0.15) is 0 Å². The predicted octanol–water partition coefficient (Wildman–Crippen LogP) is 1.64. The quantitative estimate of drug-likeness (QED) is 0.749. The maximum atomic E-state index is 11.5. The number of carbonyl (C=O) groups excluding carboxylic acids is 1. The van der Waals surface area contributed by atoms with Crippen LogP contribution < -0.4 is 0 Å². The van der Waals surface area contributed by atoms with Crippen molar-refractivity contribution in [2.45, 2.75) is 6.92 Å². The molecule has 0 heterocycles. The van der Waals surface area contributed by atoms with Gasteiger partial charge in [0.05, 0.1) is 6.61 Å². The summed E-state index contributed by atoms with van der Waals surface area (Å²) in [5.41, 5.74) is 0.764. The third-order valence-electron chi connectivity index (χ3n) is 1.89. The summed E-state index contributed by atoms with van der Waals surface area (Å²) in [7, 11) is -3.56. The van der Waals surface area contributed by atoms with E-state index in [4.69, 9.17) is 0 Å². The maximum Gasteiger partial charge on any atom is 0.321 e. The number of esters is 1. The molecule has 5 heteroatoms. The van der Waals surface area contributed by atoms with Gasteiger partial charge in [-0.3, -0.25) is 4.79 Å². The summed E-state index contributed by atoms with van der Waals surface area (Å²) in [6, 6.07) is 8.99. The summed E-state index contributed by atoms with van der Waals surface area (Å²) in [4.78, 5) is 11.0. The number of sulfone groups is 1. The Hall–Kier alpha value is -1.62. The first-order valence-electron chi connectivity index (χ1n) is 5.15. The molecule has 1 aromatic carbocycles. The van der Waals surface area contributed by atoms with E-state index in [0.29, 0.717) is 0 Å². The Kier molecular flexibility index (Phi) is 4.90. The summed E-state index contributed by atoms with van der Waals surface area (Å²) in [6.07, 6.45) is 1.45. The molecule has 0 fully saturated rings. The van der Waals surface area contributed by atoms with Crippen LogP contribution in [0.5, 0.6) is 0 Å². The van der Waals surface area contributed by atoms with Crippen LogP contribution in [-0.2, 0) is 19.4 Å². The molecule has 0 spiro atoms. The van der Waals surface area contributed by atoms with E-state index in [9.17, 15) is 13.2 Å². The number of hydrogen-bond donors (Lipinski definition) is 0. The average Bonchev–Trinajstić information content (AvgIpc) is 2.27. The van der Waals surface area contributed by atoms with E-state index in [0.717, 1.165) is 11.0 Å². The van der Waals surface area contributed by atoms with Crippen LogP contribution in [0.2, 0.25) is 0 Å². The Bertz CT molecular complexity index is 488. The number of hydrogen-bond acceptors (Lipinski definition) is 4. The van der Waals surface area contributed by atoms with Gasteiger partial charge < -0.3 is 4.74 Å². The Labute approximate surface area is 101 Å². The zero-order chi connectivity index (χ0) is 12.7. The first-order chi connectivity index (χ1) is 8.03. The van der Waals surface area contributed by atoms with Crippen molar-refractivity contribution in [2.24, 2.45) is 0 Å². The zero-order valence-electron chi connectivity index (χ0n) is 9.50. The molecule has 0 radical (unpaired) electrons. The summed E-state index contributed by atoms with van der Waals surface area (Å²) in [5.74, 6) is -1.35. The first kappa shape index (κ1) is 13.4. The van der Waals surface area contributed by atoms with Gasteiger partial charge in [0.1, 0.15) is 0 Å². The molecular formula is C12H14O4S. The lowest BCUT2D eigenvalue weighted by molar-refractivity contribution is -0.139. The lowest BCUT2D eigenvalue weighted by Crippen LogP contribution is -2.16. The van der Waals surface area contributed by atoms with E-state index in [-0.39, 0.29) is 6.61 Å². The monoisotopic (exact) mass is 254 g/mol. The molecule has 0 amide bonds. The molecule has 0 aliphatic rings. The van der Waals surface area contributed by atoms with Gasteiger partial charge >= 0.3 is 5.97 Å². The van der Waals surface area contributed by atoms with Gasteiger partial charge in [0.2, 0.25) is 0 Å². The van der Waals surface area contributed by atoms with Crippen molar-refractivity contribution in [1.29, 1.82) is 0 Å². The van der Waals surface area contributed by atoms with Crippen LogP contribution in [0, 0.1) is 0 Å². The summed E-state index contributed by atoms with van der Waals surface area (Å²) in [6.45, 7) is 1.81. The Balaban J connectivity index is 2.67. The molecule has 92 valence electrons. The lowest BCUT2D eigenvalue weighted by Gasteiger charge is -1.99. The van der Waals surface area contributed by atoms with Gasteiger partial charge in [-0.15, -0.1) is 0 Å². The Morgan fingerprint density at radius 1 is 1.29 bits per heavy atom. The second-order valence-corrected chi connectivity index (χ2v) is 5.21. The Morgan fingerprint density at radius 2 is 1.94 bits per heavy atom. The van der Waals surface area contributed by atoms with E-state index < -0.39 is 21.6 Å². The van der Waals surface area contributed by atoms with E-state index >= 15 is 0 Å². The minimum absolute atomic E-state index is 0.177. The molecule has 0 aromatic heterocycles. The minimum Gasteiger partial charge on any atom is -0.465 e. The maximum absolute atomic E-state index is 11.5. The van der Waals surface area contributed by atoms with Gasteiger partial charge in [0, 0.05) is 5.41 Å². The molecule has 17 heavy (non-hydrogen) atoms. The van der Waals surface area contributed by atoms with Crippen molar-refractivity contribution in [3.05, 3.63) is 41.3 Å².